The van der Waals surface area contributed by atoms with Gasteiger partial charge in [-0.2, -0.15) is 0 Å². The molecule has 0 fully saturated rings. The molecule has 1 heterocycles. The van der Waals surface area contributed by atoms with E-state index in [-0.39, 0.29) is 5.56 Å². The standard InChI is InChI=1S/C19H21N3O2/c1-3-22(12-14-7-6-8-15(11-14)24-2)13-18-20-17-10-5-4-9-16(17)19(23)21-18/h4-11H,3,12-13H2,1-2H3,(H,20,21,23)/p+1. The Hall–Kier alpha value is -2.66. The lowest BCUT2D eigenvalue weighted by Gasteiger charge is -2.17. The number of fused-ring (bicyclic) bond motifs is 1. The number of nitrogens with zero attached hydrogens (tertiary/aromatic N) is 1. The summed E-state index contributed by atoms with van der Waals surface area (Å²) in [5, 5.41) is 0.632. The smallest absolute Gasteiger partial charge is 0.258 e. The van der Waals surface area contributed by atoms with Crippen molar-refractivity contribution in [3.05, 3.63) is 70.3 Å². The summed E-state index contributed by atoms with van der Waals surface area (Å²) >= 11 is 0. The second kappa shape index (κ2) is 7.27. The molecule has 0 aliphatic carbocycles. The molecule has 0 aliphatic heterocycles. The highest BCUT2D eigenvalue weighted by molar-refractivity contribution is 5.77. The lowest BCUT2D eigenvalue weighted by Crippen LogP contribution is -3.09. The summed E-state index contributed by atoms with van der Waals surface area (Å²) in [4.78, 5) is 21.0. The van der Waals surface area contributed by atoms with E-state index in [0.29, 0.717) is 11.9 Å². The molecule has 5 nitrogen and oxygen atoms in total. The second-order valence-corrected chi connectivity index (χ2v) is 5.84. The molecule has 0 bridgehead atoms. The minimum absolute atomic E-state index is 0.0765. The van der Waals surface area contributed by atoms with Gasteiger partial charge in [-0.25, -0.2) is 4.98 Å². The van der Waals surface area contributed by atoms with Crippen molar-refractivity contribution in [3.63, 3.8) is 0 Å². The van der Waals surface area contributed by atoms with Crippen LogP contribution in [0.5, 0.6) is 5.75 Å². The van der Waals surface area contributed by atoms with Gasteiger partial charge in [0.05, 0.1) is 24.6 Å². The van der Waals surface area contributed by atoms with Crippen LogP contribution < -0.4 is 15.2 Å². The number of ether oxygens (including phenoxy) is 1. The number of aromatic nitrogens is 2. The third-order valence-electron chi connectivity index (χ3n) is 4.17. The van der Waals surface area contributed by atoms with Crippen molar-refractivity contribution >= 4 is 10.9 Å². The Morgan fingerprint density at radius 2 is 1.96 bits per heavy atom. The third-order valence-corrected chi connectivity index (χ3v) is 4.17. The summed E-state index contributed by atoms with van der Waals surface area (Å²) in [6, 6.07) is 15.5. The molecule has 0 amide bonds. The Morgan fingerprint density at radius 1 is 1.12 bits per heavy atom. The van der Waals surface area contributed by atoms with Crippen molar-refractivity contribution in [2.24, 2.45) is 0 Å². The van der Waals surface area contributed by atoms with Crippen LogP contribution >= 0.6 is 0 Å². The highest BCUT2D eigenvalue weighted by Crippen LogP contribution is 2.11. The molecule has 0 saturated heterocycles. The topological polar surface area (TPSA) is 59.4 Å². The van der Waals surface area contributed by atoms with Crippen LogP contribution in [0.25, 0.3) is 10.9 Å². The van der Waals surface area contributed by atoms with Gasteiger partial charge in [0.2, 0.25) is 0 Å². The second-order valence-electron chi connectivity index (χ2n) is 5.84. The minimum atomic E-state index is -0.0765. The number of benzene rings is 2. The summed E-state index contributed by atoms with van der Waals surface area (Å²) in [6.45, 7) is 4.60. The van der Waals surface area contributed by atoms with Crippen molar-refractivity contribution in [1.29, 1.82) is 0 Å². The average Bonchev–Trinajstić information content (AvgIpc) is 2.61. The number of methoxy groups -OCH3 is 1. The molecule has 3 rings (SSSR count). The Labute approximate surface area is 140 Å². The van der Waals surface area contributed by atoms with E-state index in [1.54, 1.807) is 13.2 Å². The first-order chi connectivity index (χ1) is 11.7. The van der Waals surface area contributed by atoms with Gasteiger partial charge < -0.3 is 14.6 Å². The van der Waals surface area contributed by atoms with Gasteiger partial charge in [-0.05, 0) is 31.2 Å². The van der Waals surface area contributed by atoms with Crippen LogP contribution in [-0.2, 0) is 13.1 Å². The Balaban J connectivity index is 1.81. The number of rotatable bonds is 6. The van der Waals surface area contributed by atoms with Crippen LogP contribution in [-0.4, -0.2) is 23.6 Å². The monoisotopic (exact) mass is 324 g/mol. The first kappa shape index (κ1) is 16.2. The molecule has 1 atom stereocenters. The van der Waals surface area contributed by atoms with Crippen LogP contribution in [0.2, 0.25) is 0 Å². The van der Waals surface area contributed by atoms with E-state index in [9.17, 15) is 4.79 Å². The molecule has 0 aliphatic rings. The van der Waals surface area contributed by atoms with Crippen molar-refractivity contribution in [2.45, 2.75) is 20.0 Å². The summed E-state index contributed by atoms with van der Waals surface area (Å²) in [5.41, 5.74) is 1.87. The number of para-hydroxylation sites is 1. The fourth-order valence-corrected chi connectivity index (χ4v) is 2.84. The molecule has 0 radical (unpaired) electrons. The van der Waals surface area contributed by atoms with E-state index in [2.05, 4.69) is 23.0 Å². The van der Waals surface area contributed by atoms with Crippen LogP contribution in [0.3, 0.4) is 0 Å². The maximum absolute atomic E-state index is 12.2. The predicted molar refractivity (Wildman–Crippen MR) is 94.3 cm³/mol. The summed E-state index contributed by atoms with van der Waals surface area (Å²) in [7, 11) is 1.67. The number of aromatic amines is 1. The number of hydrogen-bond donors (Lipinski definition) is 2. The van der Waals surface area contributed by atoms with Crippen LogP contribution in [0.1, 0.15) is 18.3 Å². The SMILES string of the molecule is CC[NH+](Cc1cccc(OC)c1)Cc1nc2ccccc2c(=O)[nH]1. The van der Waals surface area contributed by atoms with E-state index in [4.69, 9.17) is 4.74 Å². The fourth-order valence-electron chi connectivity index (χ4n) is 2.84. The van der Waals surface area contributed by atoms with Crippen LogP contribution in [0.15, 0.2) is 53.3 Å². The Kier molecular flexibility index (Phi) is 4.91. The lowest BCUT2D eigenvalue weighted by atomic mass is 10.2. The highest BCUT2D eigenvalue weighted by Gasteiger charge is 2.12. The molecule has 2 N–H and O–H groups in total. The van der Waals surface area contributed by atoms with Gasteiger partial charge in [0, 0.05) is 5.56 Å². The van der Waals surface area contributed by atoms with Crippen molar-refractivity contribution in [3.8, 4) is 5.75 Å². The van der Waals surface area contributed by atoms with Gasteiger partial charge in [0.1, 0.15) is 18.8 Å². The quantitative estimate of drug-likeness (QED) is 0.723. The number of nitrogens with one attached hydrogen (secondary N) is 2. The van der Waals surface area contributed by atoms with Gasteiger partial charge in [-0.1, -0.05) is 24.3 Å². The molecule has 124 valence electrons. The zero-order chi connectivity index (χ0) is 16.9. The molecule has 0 spiro atoms. The summed E-state index contributed by atoms with van der Waals surface area (Å²) in [6.07, 6.45) is 0. The predicted octanol–water partition coefficient (Wildman–Crippen LogP) is 1.54. The third kappa shape index (κ3) is 3.63. The minimum Gasteiger partial charge on any atom is -0.497 e. The molecule has 1 unspecified atom stereocenters. The zero-order valence-electron chi connectivity index (χ0n) is 14.0. The molecule has 1 aromatic heterocycles. The Bertz CT molecular complexity index is 889. The molecule has 2 aromatic carbocycles. The van der Waals surface area contributed by atoms with Crippen LogP contribution in [0, 0.1) is 0 Å². The van der Waals surface area contributed by atoms with Gasteiger partial charge >= 0.3 is 0 Å². The van der Waals surface area contributed by atoms with E-state index < -0.39 is 0 Å². The number of hydrogen-bond acceptors (Lipinski definition) is 3. The normalized spacial score (nSPS) is 12.2. The lowest BCUT2D eigenvalue weighted by molar-refractivity contribution is -0.926. The Morgan fingerprint density at radius 3 is 2.75 bits per heavy atom. The van der Waals surface area contributed by atoms with E-state index in [0.717, 1.165) is 30.2 Å². The fraction of sp³-hybridized carbons (Fsp3) is 0.263. The van der Waals surface area contributed by atoms with Crippen molar-refractivity contribution in [1.82, 2.24) is 9.97 Å². The van der Waals surface area contributed by atoms with E-state index >= 15 is 0 Å². The van der Waals surface area contributed by atoms with Crippen molar-refractivity contribution < 1.29 is 9.64 Å². The average molecular weight is 324 g/mol. The van der Waals surface area contributed by atoms with Gasteiger partial charge in [0.15, 0.2) is 5.82 Å². The highest BCUT2D eigenvalue weighted by atomic mass is 16.5. The van der Waals surface area contributed by atoms with Crippen LogP contribution in [0.4, 0.5) is 0 Å². The summed E-state index contributed by atoms with van der Waals surface area (Å²) < 4.78 is 5.28. The van der Waals surface area contributed by atoms with E-state index in [1.165, 1.54) is 10.5 Å². The van der Waals surface area contributed by atoms with Gasteiger partial charge in [-0.3, -0.25) is 4.79 Å². The van der Waals surface area contributed by atoms with E-state index in [1.807, 2.05) is 36.4 Å². The largest absolute Gasteiger partial charge is 0.497 e. The summed E-state index contributed by atoms with van der Waals surface area (Å²) in [5.74, 6) is 1.58. The molecule has 24 heavy (non-hydrogen) atoms. The van der Waals surface area contributed by atoms with Crippen molar-refractivity contribution in [2.75, 3.05) is 13.7 Å². The maximum atomic E-state index is 12.2. The van der Waals surface area contributed by atoms with Gasteiger partial charge in [-0.15, -0.1) is 0 Å². The number of quaternary nitrogens is 1. The molecule has 3 aromatic rings. The molecule has 0 saturated carbocycles. The first-order valence-electron chi connectivity index (χ1n) is 8.14. The molecule has 5 heteroatoms. The first-order valence-corrected chi connectivity index (χ1v) is 8.14. The van der Waals surface area contributed by atoms with Gasteiger partial charge in [0.25, 0.3) is 5.56 Å². The number of H-pyrrole nitrogens is 1. The maximum Gasteiger partial charge on any atom is 0.258 e. The zero-order valence-corrected chi connectivity index (χ0v) is 14.0. The molecular formula is C19H22N3O2+. The molecular weight excluding hydrogens is 302 g/mol.